The molecule has 0 aliphatic heterocycles. The molecule has 1 fully saturated rings. The second-order valence-corrected chi connectivity index (χ2v) is 10.1. The highest BCUT2D eigenvalue weighted by atomic mass is 35.5. The van der Waals surface area contributed by atoms with E-state index >= 15 is 0 Å². The van der Waals surface area contributed by atoms with Crippen molar-refractivity contribution in [2.75, 3.05) is 29.9 Å². The highest BCUT2D eigenvalue weighted by molar-refractivity contribution is 6.31. The number of nitrogens with one attached hydrogen (secondary N) is 2. The van der Waals surface area contributed by atoms with Gasteiger partial charge in [-0.2, -0.15) is 5.26 Å². The van der Waals surface area contributed by atoms with Gasteiger partial charge in [-0.15, -0.1) is 0 Å². The molecule has 2 aromatic carbocycles. The molecule has 1 heterocycles. The lowest BCUT2D eigenvalue weighted by atomic mass is 9.87. The first-order chi connectivity index (χ1) is 20.4. The van der Waals surface area contributed by atoms with Gasteiger partial charge < -0.3 is 10.6 Å². The van der Waals surface area contributed by atoms with Crippen LogP contribution in [0.2, 0.25) is 5.02 Å². The van der Waals surface area contributed by atoms with Gasteiger partial charge in [-0.05, 0) is 31.3 Å². The molecule has 2 N–H and O–H groups in total. The molecule has 1 unspecified atom stereocenters. The molecule has 15 heteroatoms. The Morgan fingerprint density at radius 3 is 2.40 bits per heavy atom. The molecule has 0 bridgehead atoms. The van der Waals surface area contributed by atoms with Crippen LogP contribution in [0.15, 0.2) is 54.7 Å². The minimum Gasteiger partial charge on any atom is -0.351 e. The van der Waals surface area contributed by atoms with Crippen LogP contribution in [0.1, 0.15) is 30.1 Å². The van der Waals surface area contributed by atoms with Crippen molar-refractivity contribution < 1.29 is 31.9 Å². The third-order valence-electron chi connectivity index (χ3n) is 6.46. The molecule has 1 aliphatic rings. The lowest BCUT2D eigenvalue weighted by molar-refractivity contribution is -0.132. The Bertz CT molecular complexity index is 1560. The Labute approximate surface area is 248 Å². The number of halogens is 5. The second kappa shape index (κ2) is 13.1. The number of likely N-dealkylation sites (N-methyl/N-ethyl adjacent to an activating group) is 1. The van der Waals surface area contributed by atoms with Crippen molar-refractivity contribution in [3.05, 3.63) is 82.6 Å². The third-order valence-corrected chi connectivity index (χ3v) is 6.80. The third kappa shape index (κ3) is 7.43. The van der Waals surface area contributed by atoms with Crippen molar-refractivity contribution in [3.8, 4) is 6.07 Å². The number of amides is 3. The largest absolute Gasteiger partial charge is 0.351 e. The average molecular weight is 618 g/mol. The molecule has 1 aliphatic carbocycles. The first-order valence-corrected chi connectivity index (χ1v) is 13.2. The monoisotopic (exact) mass is 617 g/mol. The normalized spacial score (nSPS) is 14.6. The van der Waals surface area contributed by atoms with Gasteiger partial charge in [0.25, 0.3) is 5.92 Å². The SMILES string of the molecule is CNCC(=O)N(CC(=O)N(c1cc(F)cc(F)c1)C(C(=O)NC1CC(F)(F)C1)c1ccccc1Cl)c1nccc(C#N)n1. The van der Waals surface area contributed by atoms with Gasteiger partial charge in [-0.25, -0.2) is 27.5 Å². The molecular formula is C28H24ClF4N7O3. The predicted molar refractivity (Wildman–Crippen MR) is 147 cm³/mol. The van der Waals surface area contributed by atoms with E-state index in [4.69, 9.17) is 11.6 Å². The number of carbonyl (C=O) groups is 3. The van der Waals surface area contributed by atoms with Gasteiger partial charge in [0.2, 0.25) is 23.7 Å². The zero-order chi connectivity index (χ0) is 31.3. The Balaban J connectivity index is 1.83. The maximum Gasteiger partial charge on any atom is 0.252 e. The van der Waals surface area contributed by atoms with Crippen LogP contribution in [0, 0.1) is 23.0 Å². The minimum absolute atomic E-state index is 0.00978. The van der Waals surface area contributed by atoms with E-state index in [-0.39, 0.29) is 28.8 Å². The van der Waals surface area contributed by atoms with Crippen molar-refractivity contribution in [1.29, 1.82) is 5.26 Å². The van der Waals surface area contributed by atoms with E-state index in [9.17, 15) is 37.2 Å². The van der Waals surface area contributed by atoms with Crippen LogP contribution in [-0.2, 0) is 14.4 Å². The summed E-state index contributed by atoms with van der Waals surface area (Å²) in [5.41, 5.74) is -0.523. The van der Waals surface area contributed by atoms with Crippen LogP contribution in [0.4, 0.5) is 29.2 Å². The summed E-state index contributed by atoms with van der Waals surface area (Å²) < 4.78 is 56.1. The van der Waals surface area contributed by atoms with E-state index in [2.05, 4.69) is 20.6 Å². The first kappa shape index (κ1) is 31.3. The van der Waals surface area contributed by atoms with E-state index in [1.54, 1.807) is 12.1 Å². The number of aromatic nitrogens is 2. The van der Waals surface area contributed by atoms with Crippen molar-refractivity contribution >= 4 is 41.0 Å². The molecule has 1 saturated carbocycles. The topological polar surface area (TPSA) is 131 Å². The molecular weight excluding hydrogens is 594 g/mol. The Morgan fingerprint density at radius 1 is 1.12 bits per heavy atom. The van der Waals surface area contributed by atoms with E-state index in [1.165, 1.54) is 37.5 Å². The summed E-state index contributed by atoms with van der Waals surface area (Å²) in [7, 11) is 1.47. The number of hydrogen-bond acceptors (Lipinski definition) is 7. The minimum atomic E-state index is -2.98. The van der Waals surface area contributed by atoms with Gasteiger partial charge in [-0.3, -0.25) is 24.2 Å². The molecule has 4 rings (SSSR count). The van der Waals surface area contributed by atoms with Crippen LogP contribution in [0.25, 0.3) is 0 Å². The molecule has 10 nitrogen and oxygen atoms in total. The maximum absolute atomic E-state index is 14.5. The molecule has 1 aromatic heterocycles. The van der Waals surface area contributed by atoms with Crippen molar-refractivity contribution in [3.63, 3.8) is 0 Å². The quantitative estimate of drug-likeness (QED) is 0.333. The number of benzene rings is 2. The van der Waals surface area contributed by atoms with Gasteiger partial charge in [0.05, 0.1) is 12.2 Å². The number of nitrogens with zero attached hydrogens (tertiary/aromatic N) is 5. The van der Waals surface area contributed by atoms with Gasteiger partial charge in [0, 0.05) is 41.7 Å². The molecule has 3 aromatic rings. The standard InChI is InChI=1S/C28H24ClF4N7O3/c1-35-14-23(41)39(27-36-7-6-18(13-34)38-27)15-24(42)40(20-9-16(30)8-17(31)10-20)25(21-4-2-3-5-22(21)29)26(43)37-19-11-28(32,33)12-19/h2-10,19,25,35H,11-12,14-15H2,1H3,(H,37,43). The van der Waals surface area contributed by atoms with E-state index < -0.39 is 72.4 Å². The summed E-state index contributed by atoms with van der Waals surface area (Å²) in [6, 6.07) is 8.39. The number of carbonyl (C=O) groups excluding carboxylic acids is 3. The molecule has 224 valence electrons. The zero-order valence-corrected chi connectivity index (χ0v) is 23.3. The van der Waals surface area contributed by atoms with Crippen LogP contribution in [0.3, 0.4) is 0 Å². The average Bonchev–Trinajstić information content (AvgIpc) is 2.93. The number of rotatable bonds is 10. The Morgan fingerprint density at radius 2 is 1.79 bits per heavy atom. The number of hydrogen-bond donors (Lipinski definition) is 2. The van der Waals surface area contributed by atoms with E-state index in [1.807, 2.05) is 0 Å². The summed E-state index contributed by atoms with van der Waals surface area (Å²) in [5.74, 6) is -8.19. The number of nitriles is 1. The lowest BCUT2D eigenvalue weighted by Gasteiger charge is -2.38. The van der Waals surface area contributed by atoms with Crippen LogP contribution in [-0.4, -0.2) is 59.8 Å². The van der Waals surface area contributed by atoms with Gasteiger partial charge in [0.15, 0.2) is 0 Å². The fourth-order valence-electron chi connectivity index (χ4n) is 4.52. The fraction of sp³-hybridized carbons (Fsp3) is 0.286. The highest BCUT2D eigenvalue weighted by Gasteiger charge is 2.47. The Hall–Kier alpha value is -4.61. The second-order valence-electron chi connectivity index (χ2n) is 9.65. The van der Waals surface area contributed by atoms with Gasteiger partial charge in [0.1, 0.15) is 36.0 Å². The van der Waals surface area contributed by atoms with Gasteiger partial charge in [-0.1, -0.05) is 29.8 Å². The molecule has 0 spiro atoms. The molecule has 1 atom stereocenters. The van der Waals surface area contributed by atoms with Crippen molar-refractivity contribution in [1.82, 2.24) is 20.6 Å². The molecule has 3 amide bonds. The van der Waals surface area contributed by atoms with Crippen LogP contribution >= 0.6 is 11.6 Å². The molecule has 0 radical (unpaired) electrons. The summed E-state index contributed by atoms with van der Waals surface area (Å²) >= 11 is 6.41. The summed E-state index contributed by atoms with van der Waals surface area (Å²) in [5, 5.41) is 14.4. The van der Waals surface area contributed by atoms with E-state index in [0.29, 0.717) is 6.07 Å². The van der Waals surface area contributed by atoms with Crippen LogP contribution < -0.4 is 20.4 Å². The highest BCUT2D eigenvalue weighted by Crippen LogP contribution is 2.39. The smallest absolute Gasteiger partial charge is 0.252 e. The number of alkyl halides is 2. The zero-order valence-electron chi connectivity index (χ0n) is 22.5. The summed E-state index contributed by atoms with van der Waals surface area (Å²) in [6.07, 6.45) is -0.0933. The first-order valence-electron chi connectivity index (χ1n) is 12.8. The van der Waals surface area contributed by atoms with Crippen molar-refractivity contribution in [2.45, 2.75) is 30.8 Å². The number of anilines is 2. The van der Waals surface area contributed by atoms with Crippen molar-refractivity contribution in [2.24, 2.45) is 0 Å². The molecule has 0 saturated heterocycles. The van der Waals surface area contributed by atoms with Crippen LogP contribution in [0.5, 0.6) is 0 Å². The summed E-state index contributed by atoms with van der Waals surface area (Å²) in [4.78, 5) is 50.4. The predicted octanol–water partition coefficient (Wildman–Crippen LogP) is 3.52. The maximum atomic E-state index is 14.5. The lowest BCUT2D eigenvalue weighted by Crippen LogP contribution is -2.55. The van der Waals surface area contributed by atoms with E-state index in [0.717, 1.165) is 21.9 Å². The summed E-state index contributed by atoms with van der Waals surface area (Å²) in [6.45, 7) is -1.16. The fourth-order valence-corrected chi connectivity index (χ4v) is 4.76. The Kier molecular flexibility index (Phi) is 9.57. The molecule has 43 heavy (non-hydrogen) atoms. The van der Waals surface area contributed by atoms with Gasteiger partial charge >= 0.3 is 0 Å².